The quantitative estimate of drug-likeness (QED) is 0.785. The normalized spacial score (nSPS) is 19.6. The summed E-state index contributed by atoms with van der Waals surface area (Å²) >= 11 is 3.42. The highest BCUT2D eigenvalue weighted by molar-refractivity contribution is 9.09. The van der Waals surface area contributed by atoms with E-state index in [1.807, 2.05) is 19.9 Å². The van der Waals surface area contributed by atoms with Gasteiger partial charge in [0, 0.05) is 29.7 Å². The number of halogens is 1. The molecule has 2 aromatic heterocycles. The minimum Gasteiger partial charge on any atom is -0.279 e. The van der Waals surface area contributed by atoms with Crippen LogP contribution in [-0.4, -0.2) is 37.4 Å². The van der Waals surface area contributed by atoms with Crippen LogP contribution in [0.15, 0.2) is 6.07 Å². The van der Waals surface area contributed by atoms with Gasteiger partial charge >= 0.3 is 0 Å². The molecule has 0 radical (unpaired) electrons. The molecule has 0 spiro atoms. The van der Waals surface area contributed by atoms with Crippen molar-refractivity contribution in [1.29, 1.82) is 0 Å². The molecule has 0 saturated carbocycles. The van der Waals surface area contributed by atoms with E-state index in [9.17, 15) is 4.79 Å². The van der Waals surface area contributed by atoms with Gasteiger partial charge in [-0.2, -0.15) is 9.50 Å². The van der Waals surface area contributed by atoms with E-state index in [2.05, 4.69) is 31.0 Å². The number of hydrogen-bond acceptors (Lipinski definition) is 4. The van der Waals surface area contributed by atoms with Crippen molar-refractivity contribution in [2.24, 2.45) is 5.92 Å². The first-order chi connectivity index (χ1) is 9.08. The van der Waals surface area contributed by atoms with Gasteiger partial charge < -0.3 is 0 Å². The van der Waals surface area contributed by atoms with E-state index in [0.29, 0.717) is 30.6 Å². The highest BCUT2D eigenvalue weighted by Crippen LogP contribution is 2.24. The number of aromatic nitrogens is 4. The molecular formula is C12H14BrN5O. The molecular weight excluding hydrogens is 310 g/mol. The molecule has 100 valence electrons. The van der Waals surface area contributed by atoms with E-state index < -0.39 is 0 Å². The minimum atomic E-state index is 0.0785. The topological polar surface area (TPSA) is 63.4 Å². The Morgan fingerprint density at radius 1 is 1.42 bits per heavy atom. The number of nitrogens with zero attached hydrogens (tertiary/aromatic N) is 5. The fourth-order valence-corrected chi connectivity index (χ4v) is 2.78. The molecule has 1 unspecified atom stereocenters. The zero-order chi connectivity index (χ0) is 13.6. The molecule has 7 heteroatoms. The number of carbonyl (C=O) groups excluding carboxylic acids is 1. The molecule has 0 aromatic carbocycles. The van der Waals surface area contributed by atoms with E-state index >= 15 is 0 Å². The predicted octanol–water partition coefficient (Wildman–Crippen LogP) is 1.49. The van der Waals surface area contributed by atoms with Crippen molar-refractivity contribution in [2.75, 3.05) is 16.8 Å². The smallest absolute Gasteiger partial charge is 0.254 e. The van der Waals surface area contributed by atoms with Crippen LogP contribution in [0, 0.1) is 19.8 Å². The van der Waals surface area contributed by atoms with Crippen molar-refractivity contribution in [2.45, 2.75) is 20.3 Å². The summed E-state index contributed by atoms with van der Waals surface area (Å²) in [6.07, 6.45) is 0.548. The average Bonchev–Trinajstić information content (AvgIpc) is 2.92. The number of alkyl halides is 1. The van der Waals surface area contributed by atoms with Crippen molar-refractivity contribution in [3.63, 3.8) is 0 Å². The van der Waals surface area contributed by atoms with Crippen LogP contribution in [0.4, 0.5) is 5.95 Å². The Morgan fingerprint density at radius 3 is 2.89 bits per heavy atom. The van der Waals surface area contributed by atoms with Crippen LogP contribution in [0.5, 0.6) is 0 Å². The first kappa shape index (κ1) is 12.5. The molecule has 1 atom stereocenters. The van der Waals surface area contributed by atoms with E-state index in [1.165, 1.54) is 0 Å². The SMILES string of the molecule is Cc1cc(C)n2nc(N3CC(CBr)CC3=O)nc2n1. The molecule has 1 aliphatic rings. The summed E-state index contributed by atoms with van der Waals surface area (Å²) in [4.78, 5) is 22.3. The molecule has 6 nitrogen and oxygen atoms in total. The molecule has 3 rings (SSSR count). The number of anilines is 1. The third-order valence-corrected chi connectivity index (χ3v) is 4.19. The van der Waals surface area contributed by atoms with Crippen LogP contribution in [0.3, 0.4) is 0 Å². The Morgan fingerprint density at radius 2 is 2.21 bits per heavy atom. The monoisotopic (exact) mass is 323 g/mol. The first-order valence-electron chi connectivity index (χ1n) is 6.16. The lowest BCUT2D eigenvalue weighted by Gasteiger charge is -2.10. The number of fused-ring (bicyclic) bond motifs is 1. The summed E-state index contributed by atoms with van der Waals surface area (Å²) in [5.74, 6) is 1.40. The van der Waals surface area contributed by atoms with Crippen LogP contribution < -0.4 is 4.90 Å². The predicted molar refractivity (Wildman–Crippen MR) is 74.5 cm³/mol. The molecule has 1 fully saturated rings. The van der Waals surface area contributed by atoms with Gasteiger partial charge in [0.2, 0.25) is 5.91 Å². The molecule has 1 amide bonds. The molecule has 1 aliphatic heterocycles. The van der Waals surface area contributed by atoms with Crippen LogP contribution in [0.25, 0.3) is 5.78 Å². The second-order valence-corrected chi connectivity index (χ2v) is 5.54. The van der Waals surface area contributed by atoms with Crippen molar-refractivity contribution in [3.8, 4) is 0 Å². The Balaban J connectivity index is 2.02. The maximum Gasteiger partial charge on any atom is 0.254 e. The van der Waals surface area contributed by atoms with E-state index in [4.69, 9.17) is 0 Å². The molecule has 0 N–H and O–H groups in total. The van der Waals surface area contributed by atoms with Crippen molar-refractivity contribution in [1.82, 2.24) is 19.6 Å². The number of rotatable bonds is 2. The van der Waals surface area contributed by atoms with Crippen LogP contribution in [0.1, 0.15) is 17.8 Å². The fourth-order valence-electron chi connectivity index (χ4n) is 2.35. The van der Waals surface area contributed by atoms with Gasteiger partial charge in [-0.3, -0.25) is 9.69 Å². The highest BCUT2D eigenvalue weighted by atomic mass is 79.9. The standard InChI is InChI=1S/C12H14BrN5O/c1-7-3-8(2)18-11(14-7)15-12(16-18)17-6-9(5-13)4-10(17)19/h3,9H,4-6H2,1-2H3. The van der Waals surface area contributed by atoms with E-state index in [-0.39, 0.29) is 5.91 Å². The average molecular weight is 324 g/mol. The lowest BCUT2D eigenvalue weighted by atomic mass is 10.2. The second-order valence-electron chi connectivity index (χ2n) is 4.89. The van der Waals surface area contributed by atoms with Crippen LogP contribution >= 0.6 is 15.9 Å². The van der Waals surface area contributed by atoms with Gasteiger partial charge in [-0.1, -0.05) is 15.9 Å². The van der Waals surface area contributed by atoms with Gasteiger partial charge in [-0.25, -0.2) is 4.98 Å². The van der Waals surface area contributed by atoms with E-state index in [1.54, 1.807) is 9.42 Å². The number of hydrogen-bond donors (Lipinski definition) is 0. The van der Waals surface area contributed by atoms with Gasteiger partial charge in [-0.15, -0.1) is 5.10 Å². The number of amides is 1. The zero-order valence-corrected chi connectivity index (χ0v) is 12.4. The van der Waals surface area contributed by atoms with Crippen LogP contribution in [-0.2, 0) is 4.79 Å². The molecule has 0 bridgehead atoms. The van der Waals surface area contributed by atoms with Gasteiger partial charge in [-0.05, 0) is 25.8 Å². The lowest BCUT2D eigenvalue weighted by molar-refractivity contribution is -0.117. The Labute approximate surface area is 119 Å². The summed E-state index contributed by atoms with van der Waals surface area (Å²) in [6, 6.07) is 1.94. The number of aryl methyl sites for hydroxylation is 2. The molecule has 0 aliphatic carbocycles. The summed E-state index contributed by atoms with van der Waals surface area (Å²) in [7, 11) is 0. The zero-order valence-electron chi connectivity index (χ0n) is 10.8. The maximum absolute atomic E-state index is 12.0. The molecule has 19 heavy (non-hydrogen) atoms. The first-order valence-corrected chi connectivity index (χ1v) is 7.28. The third kappa shape index (κ3) is 2.11. The largest absolute Gasteiger partial charge is 0.279 e. The lowest BCUT2D eigenvalue weighted by Crippen LogP contribution is -2.25. The maximum atomic E-state index is 12.0. The van der Waals surface area contributed by atoms with Gasteiger partial charge in [0.15, 0.2) is 0 Å². The number of carbonyl (C=O) groups is 1. The summed E-state index contributed by atoms with van der Waals surface area (Å²) in [5, 5.41) is 5.21. The molecule has 2 aromatic rings. The van der Waals surface area contributed by atoms with Crippen LogP contribution in [0.2, 0.25) is 0 Å². The highest BCUT2D eigenvalue weighted by Gasteiger charge is 2.32. The third-order valence-electron chi connectivity index (χ3n) is 3.27. The Kier molecular flexibility index (Phi) is 3.00. The molecule has 3 heterocycles. The minimum absolute atomic E-state index is 0.0785. The van der Waals surface area contributed by atoms with Crippen molar-refractivity contribution < 1.29 is 4.79 Å². The second kappa shape index (κ2) is 4.56. The summed E-state index contributed by atoms with van der Waals surface area (Å²) in [5.41, 5.74) is 1.86. The Bertz CT molecular complexity index is 653. The summed E-state index contributed by atoms with van der Waals surface area (Å²) in [6.45, 7) is 4.54. The van der Waals surface area contributed by atoms with Crippen molar-refractivity contribution in [3.05, 3.63) is 17.5 Å². The summed E-state index contributed by atoms with van der Waals surface area (Å²) < 4.78 is 1.68. The van der Waals surface area contributed by atoms with Gasteiger partial charge in [0.05, 0.1) is 0 Å². The van der Waals surface area contributed by atoms with Crippen molar-refractivity contribution >= 4 is 33.6 Å². The van der Waals surface area contributed by atoms with Gasteiger partial charge in [0.1, 0.15) is 0 Å². The molecule has 1 saturated heterocycles. The Hall–Kier alpha value is -1.50. The fraction of sp³-hybridized carbons (Fsp3) is 0.500. The van der Waals surface area contributed by atoms with E-state index in [0.717, 1.165) is 16.7 Å². The van der Waals surface area contributed by atoms with Gasteiger partial charge in [0.25, 0.3) is 11.7 Å².